The van der Waals surface area contributed by atoms with Crippen molar-refractivity contribution in [2.75, 3.05) is 24.5 Å². The summed E-state index contributed by atoms with van der Waals surface area (Å²) in [6, 6.07) is 0.529. The fourth-order valence-electron chi connectivity index (χ4n) is 1.51. The minimum absolute atomic E-state index is 0.529. The summed E-state index contributed by atoms with van der Waals surface area (Å²) in [4.78, 5) is 10.6. The van der Waals surface area contributed by atoms with E-state index < -0.39 is 0 Å². The van der Waals surface area contributed by atoms with Gasteiger partial charge in [-0.1, -0.05) is 11.6 Å². The third-order valence-electron chi connectivity index (χ3n) is 2.40. The molecular weight excluding hydrogens is 200 g/mol. The van der Waals surface area contributed by atoms with Crippen LogP contribution in [0.25, 0.3) is 0 Å². The van der Waals surface area contributed by atoms with Gasteiger partial charge < -0.3 is 10.2 Å². The van der Waals surface area contributed by atoms with Gasteiger partial charge in [0.15, 0.2) is 0 Å². The molecule has 1 aromatic rings. The zero-order valence-electron chi connectivity index (χ0n) is 8.07. The molecule has 76 valence electrons. The van der Waals surface area contributed by atoms with E-state index in [0.29, 0.717) is 11.1 Å². The first-order chi connectivity index (χ1) is 6.81. The number of halogens is 1. The van der Waals surface area contributed by atoms with Gasteiger partial charge in [0.05, 0.1) is 23.5 Å². The highest BCUT2D eigenvalue weighted by Crippen LogP contribution is 2.14. The first kappa shape index (κ1) is 9.68. The first-order valence-electron chi connectivity index (χ1n) is 4.76. The monoisotopic (exact) mass is 212 g/mol. The van der Waals surface area contributed by atoms with Gasteiger partial charge in [0.25, 0.3) is 0 Å². The van der Waals surface area contributed by atoms with Crippen LogP contribution in [-0.4, -0.2) is 35.6 Å². The molecule has 14 heavy (non-hydrogen) atoms. The summed E-state index contributed by atoms with van der Waals surface area (Å²) < 4.78 is 0. The van der Waals surface area contributed by atoms with Crippen molar-refractivity contribution in [3.05, 3.63) is 17.4 Å². The third kappa shape index (κ3) is 1.81. The fraction of sp³-hybridized carbons (Fsp3) is 0.556. The number of rotatable bonds is 3. The zero-order chi connectivity index (χ0) is 9.97. The summed E-state index contributed by atoms with van der Waals surface area (Å²) in [6.07, 6.45) is 3.28. The van der Waals surface area contributed by atoms with Crippen molar-refractivity contribution in [2.45, 2.75) is 13.0 Å². The van der Waals surface area contributed by atoms with Crippen molar-refractivity contribution < 1.29 is 0 Å². The number of hydrogen-bond acceptors (Lipinski definition) is 4. The van der Waals surface area contributed by atoms with Gasteiger partial charge >= 0.3 is 0 Å². The van der Waals surface area contributed by atoms with Crippen molar-refractivity contribution in [3.8, 4) is 0 Å². The minimum atomic E-state index is 0.529. The Kier molecular flexibility index (Phi) is 2.84. The van der Waals surface area contributed by atoms with Crippen LogP contribution in [0.15, 0.2) is 12.4 Å². The molecule has 1 N–H and O–H groups in total. The molecule has 0 spiro atoms. The highest BCUT2D eigenvalue weighted by Gasteiger charge is 2.24. The number of aromatic nitrogens is 2. The fourth-order valence-corrected chi connectivity index (χ4v) is 1.61. The Morgan fingerprint density at radius 2 is 2.14 bits per heavy atom. The largest absolute Gasteiger partial charge is 0.336 e. The van der Waals surface area contributed by atoms with Crippen LogP contribution in [0.3, 0.4) is 0 Å². The van der Waals surface area contributed by atoms with Crippen LogP contribution in [0.2, 0.25) is 5.02 Å². The second kappa shape index (κ2) is 4.11. The number of hydrogen-bond donors (Lipinski definition) is 1. The molecule has 2 rings (SSSR count). The normalized spacial score (nSPS) is 16.4. The van der Waals surface area contributed by atoms with Gasteiger partial charge in [-0.2, -0.15) is 0 Å². The lowest BCUT2D eigenvalue weighted by Crippen LogP contribution is -2.57. The molecule has 0 radical (unpaired) electrons. The van der Waals surface area contributed by atoms with Gasteiger partial charge in [-0.15, -0.1) is 0 Å². The van der Waals surface area contributed by atoms with Crippen LogP contribution >= 0.6 is 11.6 Å². The van der Waals surface area contributed by atoms with Crippen LogP contribution in [-0.2, 0) is 0 Å². The Bertz CT molecular complexity index is 296. The lowest BCUT2D eigenvalue weighted by Gasteiger charge is -2.37. The average Bonchev–Trinajstić information content (AvgIpc) is 2.13. The lowest BCUT2D eigenvalue weighted by atomic mass is 10.1. The standard InChI is InChI=1S/C9H13ClN4/c1-2-14(8-5-11-6-8)9-12-3-7(10)4-13-9/h3-4,8,11H,2,5-6H2,1H3. The Morgan fingerprint density at radius 1 is 1.50 bits per heavy atom. The molecule has 1 saturated heterocycles. The summed E-state index contributed by atoms with van der Waals surface area (Å²) in [5.41, 5.74) is 0. The van der Waals surface area contributed by atoms with E-state index in [4.69, 9.17) is 11.6 Å². The van der Waals surface area contributed by atoms with E-state index >= 15 is 0 Å². The van der Waals surface area contributed by atoms with Crippen LogP contribution in [0.1, 0.15) is 6.92 Å². The van der Waals surface area contributed by atoms with Gasteiger partial charge in [0.1, 0.15) is 0 Å². The van der Waals surface area contributed by atoms with Crippen LogP contribution in [0.5, 0.6) is 0 Å². The van der Waals surface area contributed by atoms with Crippen molar-refractivity contribution >= 4 is 17.5 Å². The molecule has 5 heteroatoms. The van der Waals surface area contributed by atoms with Crippen LogP contribution < -0.4 is 10.2 Å². The van der Waals surface area contributed by atoms with Crippen molar-refractivity contribution in [3.63, 3.8) is 0 Å². The van der Waals surface area contributed by atoms with Gasteiger partial charge in [0.2, 0.25) is 5.95 Å². The third-order valence-corrected chi connectivity index (χ3v) is 2.60. The smallest absolute Gasteiger partial charge is 0.225 e. The molecule has 0 amide bonds. The Balaban J connectivity index is 2.14. The summed E-state index contributed by atoms with van der Waals surface area (Å²) in [5.74, 6) is 0.767. The van der Waals surface area contributed by atoms with E-state index in [9.17, 15) is 0 Å². The molecule has 1 aliphatic heterocycles. The second-order valence-electron chi connectivity index (χ2n) is 3.30. The number of nitrogens with zero attached hydrogens (tertiary/aromatic N) is 3. The molecule has 0 unspecified atom stereocenters. The summed E-state index contributed by atoms with van der Waals surface area (Å²) in [6.45, 7) is 5.06. The number of likely N-dealkylation sites (N-methyl/N-ethyl adjacent to an activating group) is 1. The van der Waals surface area contributed by atoms with E-state index in [1.54, 1.807) is 12.4 Å². The number of anilines is 1. The van der Waals surface area contributed by atoms with Gasteiger partial charge in [-0.3, -0.25) is 0 Å². The maximum atomic E-state index is 5.73. The zero-order valence-corrected chi connectivity index (χ0v) is 8.83. The minimum Gasteiger partial charge on any atom is -0.336 e. The molecule has 0 saturated carbocycles. The number of nitrogens with one attached hydrogen (secondary N) is 1. The second-order valence-corrected chi connectivity index (χ2v) is 3.74. The molecule has 0 aromatic carbocycles. The molecule has 0 aliphatic carbocycles. The van der Waals surface area contributed by atoms with E-state index in [1.807, 2.05) is 0 Å². The molecule has 1 aliphatic rings. The molecular formula is C9H13ClN4. The van der Waals surface area contributed by atoms with Gasteiger partial charge in [-0.25, -0.2) is 9.97 Å². The highest BCUT2D eigenvalue weighted by molar-refractivity contribution is 6.30. The topological polar surface area (TPSA) is 41.1 Å². The van der Waals surface area contributed by atoms with E-state index in [0.717, 1.165) is 25.6 Å². The van der Waals surface area contributed by atoms with E-state index in [-0.39, 0.29) is 0 Å². The molecule has 0 bridgehead atoms. The maximum Gasteiger partial charge on any atom is 0.225 e. The summed E-state index contributed by atoms with van der Waals surface area (Å²) >= 11 is 5.73. The molecule has 0 atom stereocenters. The predicted octanol–water partition coefficient (Wildman–Crippen LogP) is 0.928. The van der Waals surface area contributed by atoms with Crippen molar-refractivity contribution in [2.24, 2.45) is 0 Å². The quantitative estimate of drug-likeness (QED) is 0.810. The van der Waals surface area contributed by atoms with E-state index in [1.165, 1.54) is 0 Å². The molecule has 1 aromatic heterocycles. The Labute approximate surface area is 88.3 Å². The average molecular weight is 213 g/mol. The lowest BCUT2D eigenvalue weighted by molar-refractivity contribution is 0.413. The Hall–Kier alpha value is -0.870. The maximum absolute atomic E-state index is 5.73. The molecule has 1 fully saturated rings. The Morgan fingerprint density at radius 3 is 2.57 bits per heavy atom. The summed E-state index contributed by atoms with van der Waals surface area (Å²) in [7, 11) is 0. The van der Waals surface area contributed by atoms with Gasteiger partial charge in [0, 0.05) is 19.6 Å². The van der Waals surface area contributed by atoms with Crippen LogP contribution in [0, 0.1) is 0 Å². The van der Waals surface area contributed by atoms with Crippen LogP contribution in [0.4, 0.5) is 5.95 Å². The SMILES string of the molecule is CCN(c1ncc(Cl)cn1)C1CNC1. The molecule has 4 nitrogen and oxygen atoms in total. The van der Waals surface area contributed by atoms with Gasteiger partial charge in [-0.05, 0) is 6.92 Å². The predicted molar refractivity (Wildman–Crippen MR) is 56.7 cm³/mol. The van der Waals surface area contributed by atoms with Crippen molar-refractivity contribution in [1.29, 1.82) is 0 Å². The highest BCUT2D eigenvalue weighted by atomic mass is 35.5. The van der Waals surface area contributed by atoms with E-state index in [2.05, 4.69) is 27.1 Å². The summed E-state index contributed by atoms with van der Waals surface area (Å²) in [5, 5.41) is 3.81. The molecule has 2 heterocycles. The first-order valence-corrected chi connectivity index (χ1v) is 5.14. The van der Waals surface area contributed by atoms with Crippen molar-refractivity contribution in [1.82, 2.24) is 15.3 Å².